The maximum Gasteiger partial charge on any atom is 0.261 e. The third-order valence-electron chi connectivity index (χ3n) is 4.08. The van der Waals surface area contributed by atoms with Crippen LogP contribution in [0.2, 0.25) is 0 Å². The van der Waals surface area contributed by atoms with Crippen molar-refractivity contribution in [2.24, 2.45) is 0 Å². The number of para-hydroxylation sites is 2. The maximum atomic E-state index is 13.0. The molecule has 2 N–H and O–H groups in total. The quantitative estimate of drug-likeness (QED) is 0.616. The van der Waals surface area contributed by atoms with Gasteiger partial charge in [0.25, 0.3) is 10.0 Å². The Labute approximate surface area is 168 Å². The molecule has 0 saturated carbocycles. The summed E-state index contributed by atoms with van der Waals surface area (Å²) in [6, 6.07) is 18.1. The molecule has 3 aromatic rings. The standard InChI is InChI=1S/C21H19FN2O4S/c1-28-20-5-3-2-4-19(20)23-21(25)14-15-6-10-17(11-7-15)24-29(26,27)18-12-8-16(22)9-13-18/h2-13,24H,14H2,1H3,(H,23,25). The normalized spacial score (nSPS) is 11.0. The number of ether oxygens (including phenoxy) is 1. The topological polar surface area (TPSA) is 84.5 Å². The summed E-state index contributed by atoms with van der Waals surface area (Å²) in [6.45, 7) is 0. The number of anilines is 2. The first-order valence-corrected chi connectivity index (χ1v) is 10.2. The molecule has 0 aliphatic carbocycles. The summed E-state index contributed by atoms with van der Waals surface area (Å²) in [7, 11) is -2.30. The Morgan fingerprint density at radius 2 is 1.62 bits per heavy atom. The summed E-state index contributed by atoms with van der Waals surface area (Å²) in [4.78, 5) is 12.2. The van der Waals surface area contributed by atoms with E-state index in [4.69, 9.17) is 4.74 Å². The number of amides is 1. The van der Waals surface area contributed by atoms with Gasteiger partial charge in [-0.15, -0.1) is 0 Å². The molecular weight excluding hydrogens is 395 g/mol. The van der Waals surface area contributed by atoms with E-state index in [-0.39, 0.29) is 17.2 Å². The summed E-state index contributed by atoms with van der Waals surface area (Å²) in [6.07, 6.45) is 0.114. The van der Waals surface area contributed by atoms with Gasteiger partial charge in [-0.3, -0.25) is 9.52 Å². The number of hydrogen-bond acceptors (Lipinski definition) is 4. The van der Waals surface area contributed by atoms with Crippen LogP contribution in [0.3, 0.4) is 0 Å². The van der Waals surface area contributed by atoms with Crippen LogP contribution in [-0.2, 0) is 21.2 Å². The van der Waals surface area contributed by atoms with Gasteiger partial charge in [-0.1, -0.05) is 24.3 Å². The molecule has 0 saturated heterocycles. The van der Waals surface area contributed by atoms with Crippen LogP contribution in [0.25, 0.3) is 0 Å². The molecule has 0 bridgehead atoms. The molecule has 0 aliphatic heterocycles. The van der Waals surface area contributed by atoms with Crippen LogP contribution in [0, 0.1) is 5.82 Å². The Bertz CT molecular complexity index is 1100. The fourth-order valence-electron chi connectivity index (χ4n) is 2.65. The Kier molecular flexibility index (Phi) is 6.13. The van der Waals surface area contributed by atoms with Crippen LogP contribution < -0.4 is 14.8 Å². The van der Waals surface area contributed by atoms with Gasteiger partial charge >= 0.3 is 0 Å². The summed E-state index contributed by atoms with van der Waals surface area (Å²) >= 11 is 0. The van der Waals surface area contributed by atoms with E-state index < -0.39 is 15.8 Å². The van der Waals surface area contributed by atoms with Crippen LogP contribution in [-0.4, -0.2) is 21.4 Å². The summed E-state index contributed by atoms with van der Waals surface area (Å²) < 4.78 is 45.3. The lowest BCUT2D eigenvalue weighted by molar-refractivity contribution is -0.115. The van der Waals surface area contributed by atoms with Crippen molar-refractivity contribution in [3.8, 4) is 5.75 Å². The number of rotatable bonds is 7. The molecule has 0 fully saturated rings. The van der Waals surface area contributed by atoms with Crippen molar-refractivity contribution in [3.05, 3.63) is 84.2 Å². The number of carbonyl (C=O) groups is 1. The molecule has 0 unspecified atom stereocenters. The van der Waals surface area contributed by atoms with Crippen LogP contribution >= 0.6 is 0 Å². The number of benzene rings is 3. The van der Waals surface area contributed by atoms with Crippen LogP contribution in [0.1, 0.15) is 5.56 Å². The van der Waals surface area contributed by atoms with Gasteiger partial charge in [0.05, 0.1) is 24.1 Å². The van der Waals surface area contributed by atoms with Gasteiger partial charge in [0.15, 0.2) is 0 Å². The highest BCUT2D eigenvalue weighted by Gasteiger charge is 2.14. The molecule has 1 amide bonds. The lowest BCUT2D eigenvalue weighted by Gasteiger charge is -2.11. The Morgan fingerprint density at radius 3 is 2.28 bits per heavy atom. The molecule has 0 spiro atoms. The molecule has 29 heavy (non-hydrogen) atoms. The number of sulfonamides is 1. The average Bonchev–Trinajstić information content (AvgIpc) is 2.70. The minimum absolute atomic E-state index is 0.0424. The second-order valence-electron chi connectivity index (χ2n) is 6.18. The van der Waals surface area contributed by atoms with Crippen molar-refractivity contribution < 1.29 is 22.3 Å². The second kappa shape index (κ2) is 8.74. The van der Waals surface area contributed by atoms with E-state index in [2.05, 4.69) is 10.0 Å². The number of methoxy groups -OCH3 is 1. The number of nitrogens with one attached hydrogen (secondary N) is 2. The van der Waals surface area contributed by atoms with E-state index in [1.165, 1.54) is 19.2 Å². The van der Waals surface area contributed by atoms with E-state index in [0.717, 1.165) is 12.1 Å². The zero-order valence-electron chi connectivity index (χ0n) is 15.6. The van der Waals surface area contributed by atoms with Crippen molar-refractivity contribution in [2.75, 3.05) is 17.1 Å². The SMILES string of the molecule is COc1ccccc1NC(=O)Cc1ccc(NS(=O)(=O)c2ccc(F)cc2)cc1. The van der Waals surface area contributed by atoms with E-state index in [1.807, 2.05) is 0 Å². The monoisotopic (exact) mass is 414 g/mol. The smallest absolute Gasteiger partial charge is 0.261 e. The van der Waals surface area contributed by atoms with E-state index in [0.29, 0.717) is 22.7 Å². The third kappa shape index (κ3) is 5.32. The van der Waals surface area contributed by atoms with Gasteiger partial charge in [0, 0.05) is 5.69 Å². The van der Waals surface area contributed by atoms with Gasteiger partial charge in [-0.05, 0) is 54.1 Å². The molecule has 6 nitrogen and oxygen atoms in total. The maximum absolute atomic E-state index is 13.0. The van der Waals surface area contributed by atoms with E-state index in [9.17, 15) is 17.6 Å². The minimum atomic E-state index is -3.82. The molecule has 0 atom stereocenters. The molecule has 0 heterocycles. The Morgan fingerprint density at radius 1 is 0.966 bits per heavy atom. The van der Waals surface area contributed by atoms with Crippen molar-refractivity contribution in [1.29, 1.82) is 0 Å². The molecular formula is C21H19FN2O4S. The molecule has 8 heteroatoms. The van der Waals surface area contributed by atoms with Crippen molar-refractivity contribution >= 4 is 27.3 Å². The van der Waals surface area contributed by atoms with Crippen molar-refractivity contribution in [2.45, 2.75) is 11.3 Å². The molecule has 3 rings (SSSR count). The Hall–Kier alpha value is -3.39. The number of hydrogen-bond donors (Lipinski definition) is 2. The highest BCUT2D eigenvalue weighted by Crippen LogP contribution is 2.23. The highest BCUT2D eigenvalue weighted by molar-refractivity contribution is 7.92. The fourth-order valence-corrected chi connectivity index (χ4v) is 3.70. The van der Waals surface area contributed by atoms with Crippen LogP contribution in [0.5, 0.6) is 5.75 Å². The van der Waals surface area contributed by atoms with E-state index >= 15 is 0 Å². The van der Waals surface area contributed by atoms with Gasteiger partial charge in [0.2, 0.25) is 5.91 Å². The molecule has 0 aromatic heterocycles. The van der Waals surface area contributed by atoms with Crippen molar-refractivity contribution in [3.63, 3.8) is 0 Å². The van der Waals surface area contributed by atoms with E-state index in [1.54, 1.807) is 48.5 Å². The zero-order chi connectivity index (χ0) is 20.9. The lowest BCUT2D eigenvalue weighted by atomic mass is 10.1. The van der Waals surface area contributed by atoms with Gasteiger partial charge in [0.1, 0.15) is 11.6 Å². The molecule has 150 valence electrons. The summed E-state index contributed by atoms with van der Waals surface area (Å²) in [5.74, 6) is -0.180. The highest BCUT2D eigenvalue weighted by atomic mass is 32.2. The summed E-state index contributed by atoms with van der Waals surface area (Å²) in [5.41, 5.74) is 1.62. The van der Waals surface area contributed by atoms with Crippen LogP contribution in [0.15, 0.2) is 77.7 Å². The number of carbonyl (C=O) groups excluding carboxylic acids is 1. The largest absolute Gasteiger partial charge is 0.495 e. The Balaban J connectivity index is 1.64. The predicted octanol–water partition coefficient (Wildman–Crippen LogP) is 3.82. The molecule has 3 aromatic carbocycles. The first-order chi connectivity index (χ1) is 13.9. The molecule has 0 radical (unpaired) electrons. The van der Waals surface area contributed by atoms with Crippen LogP contribution in [0.4, 0.5) is 15.8 Å². The average molecular weight is 414 g/mol. The predicted molar refractivity (Wildman–Crippen MR) is 109 cm³/mol. The first-order valence-electron chi connectivity index (χ1n) is 8.67. The van der Waals surface area contributed by atoms with Gasteiger partial charge in [-0.25, -0.2) is 12.8 Å². The third-order valence-corrected chi connectivity index (χ3v) is 5.47. The lowest BCUT2D eigenvalue weighted by Crippen LogP contribution is -2.15. The zero-order valence-corrected chi connectivity index (χ0v) is 16.4. The number of halogens is 1. The fraction of sp³-hybridized carbons (Fsp3) is 0.0952. The van der Waals surface area contributed by atoms with Gasteiger partial charge in [-0.2, -0.15) is 0 Å². The summed E-state index contributed by atoms with van der Waals surface area (Å²) in [5, 5.41) is 2.78. The van der Waals surface area contributed by atoms with Gasteiger partial charge < -0.3 is 10.1 Å². The second-order valence-corrected chi connectivity index (χ2v) is 7.86. The first kappa shape index (κ1) is 20.3. The minimum Gasteiger partial charge on any atom is -0.495 e. The molecule has 0 aliphatic rings. The van der Waals surface area contributed by atoms with Crippen molar-refractivity contribution in [1.82, 2.24) is 0 Å².